The van der Waals surface area contributed by atoms with E-state index in [-0.39, 0.29) is 12.1 Å². The van der Waals surface area contributed by atoms with E-state index in [4.69, 9.17) is 4.74 Å². The van der Waals surface area contributed by atoms with E-state index in [1.807, 2.05) is 32.0 Å². The Morgan fingerprint density at radius 2 is 1.79 bits per heavy atom. The number of methoxy groups -OCH3 is 1. The number of nitrogens with one attached hydrogen (secondary N) is 3. The summed E-state index contributed by atoms with van der Waals surface area (Å²) in [5.74, 6) is -2.22. The molecule has 3 N–H and O–H groups in total. The molecule has 0 bridgehead atoms. The fourth-order valence-electron chi connectivity index (χ4n) is 3.08. The van der Waals surface area contributed by atoms with Crippen LogP contribution in [0, 0.1) is 13.8 Å². The van der Waals surface area contributed by atoms with E-state index in [0.717, 1.165) is 28.8 Å². The lowest BCUT2D eigenvalue weighted by molar-refractivity contribution is -0.144. The van der Waals surface area contributed by atoms with Gasteiger partial charge in [-0.1, -0.05) is 29.8 Å². The van der Waals surface area contributed by atoms with Crippen molar-refractivity contribution in [3.63, 3.8) is 0 Å². The van der Waals surface area contributed by atoms with Gasteiger partial charge >= 0.3 is 12.1 Å². The molecule has 33 heavy (non-hydrogen) atoms. The van der Waals surface area contributed by atoms with E-state index in [2.05, 4.69) is 16.0 Å². The number of ether oxygens (including phenoxy) is 1. The van der Waals surface area contributed by atoms with Gasteiger partial charge in [-0.15, -0.1) is 0 Å². The van der Waals surface area contributed by atoms with Crippen LogP contribution in [0.2, 0.25) is 0 Å². The summed E-state index contributed by atoms with van der Waals surface area (Å²) in [6.07, 6.45) is -4.59. The SMILES string of the molecule is COC(=O)[C@@H](CNCc1ccc(C)cc1C)NC(=O)CNC(=O)c1cccc(C(F)(F)F)c1. The first kappa shape index (κ1) is 25.9. The predicted octanol–water partition coefficient (Wildman–Crippen LogP) is 2.50. The number of amides is 2. The zero-order valence-corrected chi connectivity index (χ0v) is 18.5. The van der Waals surface area contributed by atoms with Crippen LogP contribution in [0.15, 0.2) is 42.5 Å². The molecule has 2 rings (SSSR count). The third-order valence-corrected chi connectivity index (χ3v) is 4.84. The van der Waals surface area contributed by atoms with Gasteiger partial charge in [-0.05, 0) is 43.2 Å². The van der Waals surface area contributed by atoms with Crippen molar-refractivity contribution in [1.29, 1.82) is 0 Å². The molecule has 0 aliphatic heterocycles. The third kappa shape index (κ3) is 7.90. The minimum Gasteiger partial charge on any atom is -0.467 e. The van der Waals surface area contributed by atoms with Crippen LogP contribution in [0.1, 0.15) is 32.6 Å². The molecule has 0 saturated carbocycles. The highest BCUT2D eigenvalue weighted by molar-refractivity contribution is 5.97. The van der Waals surface area contributed by atoms with Crippen molar-refractivity contribution in [2.24, 2.45) is 0 Å². The lowest BCUT2D eigenvalue weighted by Crippen LogP contribution is -2.50. The quantitative estimate of drug-likeness (QED) is 0.495. The summed E-state index contributed by atoms with van der Waals surface area (Å²) in [7, 11) is 1.18. The Bertz CT molecular complexity index is 1010. The number of esters is 1. The van der Waals surface area contributed by atoms with Crippen LogP contribution in [0.3, 0.4) is 0 Å². The molecule has 2 aromatic rings. The fourth-order valence-corrected chi connectivity index (χ4v) is 3.08. The molecule has 2 amide bonds. The molecule has 178 valence electrons. The Hall–Kier alpha value is -3.40. The molecule has 0 radical (unpaired) electrons. The van der Waals surface area contributed by atoms with Gasteiger partial charge in [0.1, 0.15) is 6.04 Å². The van der Waals surface area contributed by atoms with Gasteiger partial charge in [0.05, 0.1) is 19.2 Å². The molecule has 0 aliphatic rings. The first-order valence-electron chi connectivity index (χ1n) is 10.1. The summed E-state index contributed by atoms with van der Waals surface area (Å²) in [5.41, 5.74) is 2.03. The Morgan fingerprint density at radius 1 is 1.06 bits per heavy atom. The van der Waals surface area contributed by atoms with Crippen LogP contribution < -0.4 is 16.0 Å². The smallest absolute Gasteiger partial charge is 0.416 e. The second-order valence-corrected chi connectivity index (χ2v) is 7.47. The van der Waals surface area contributed by atoms with Gasteiger partial charge in [-0.2, -0.15) is 13.2 Å². The summed E-state index contributed by atoms with van der Waals surface area (Å²) < 4.78 is 43.1. The van der Waals surface area contributed by atoms with Crippen molar-refractivity contribution >= 4 is 17.8 Å². The van der Waals surface area contributed by atoms with E-state index in [0.29, 0.717) is 12.6 Å². The van der Waals surface area contributed by atoms with Gasteiger partial charge in [-0.3, -0.25) is 9.59 Å². The minimum absolute atomic E-state index is 0.0767. The lowest BCUT2D eigenvalue weighted by atomic mass is 10.1. The van der Waals surface area contributed by atoms with Crippen molar-refractivity contribution < 1.29 is 32.3 Å². The molecule has 0 aliphatic carbocycles. The monoisotopic (exact) mass is 465 g/mol. The van der Waals surface area contributed by atoms with Crippen LogP contribution in [-0.4, -0.2) is 44.0 Å². The largest absolute Gasteiger partial charge is 0.467 e. The zero-order valence-electron chi connectivity index (χ0n) is 18.5. The Kier molecular flexibility index (Phi) is 8.98. The van der Waals surface area contributed by atoms with Crippen molar-refractivity contribution in [3.8, 4) is 0 Å². The van der Waals surface area contributed by atoms with E-state index in [1.54, 1.807) is 0 Å². The van der Waals surface area contributed by atoms with Gasteiger partial charge in [0.15, 0.2) is 0 Å². The number of benzene rings is 2. The van der Waals surface area contributed by atoms with E-state index in [1.165, 1.54) is 13.2 Å². The number of hydrogen-bond acceptors (Lipinski definition) is 5. The van der Waals surface area contributed by atoms with Gasteiger partial charge in [0.2, 0.25) is 5.91 Å². The normalized spacial score (nSPS) is 12.1. The summed E-state index contributed by atoms with van der Waals surface area (Å²) in [6, 6.07) is 8.80. The van der Waals surface area contributed by atoms with Crippen molar-refractivity contribution in [1.82, 2.24) is 16.0 Å². The maximum absolute atomic E-state index is 12.8. The number of carbonyl (C=O) groups is 3. The maximum atomic E-state index is 12.8. The molecule has 0 heterocycles. The molecular weight excluding hydrogens is 439 g/mol. The van der Waals surface area contributed by atoms with Gasteiger partial charge in [-0.25, -0.2) is 4.79 Å². The summed E-state index contributed by atoms with van der Waals surface area (Å²) in [5, 5.41) is 7.78. The van der Waals surface area contributed by atoms with E-state index in [9.17, 15) is 27.6 Å². The molecule has 7 nitrogen and oxygen atoms in total. The van der Waals surface area contributed by atoms with Gasteiger partial charge < -0.3 is 20.7 Å². The molecule has 0 fully saturated rings. The molecule has 10 heteroatoms. The fraction of sp³-hybridized carbons (Fsp3) is 0.348. The molecule has 0 unspecified atom stereocenters. The van der Waals surface area contributed by atoms with Crippen LogP contribution in [0.25, 0.3) is 0 Å². The first-order valence-corrected chi connectivity index (χ1v) is 10.1. The highest BCUT2D eigenvalue weighted by Crippen LogP contribution is 2.29. The number of hydrogen-bond donors (Lipinski definition) is 3. The average molecular weight is 465 g/mol. The lowest BCUT2D eigenvalue weighted by Gasteiger charge is -2.18. The second kappa shape index (κ2) is 11.5. The van der Waals surface area contributed by atoms with E-state index >= 15 is 0 Å². The van der Waals surface area contributed by atoms with Gasteiger partial charge in [0.25, 0.3) is 5.91 Å². The molecule has 0 saturated heterocycles. The Morgan fingerprint density at radius 3 is 2.42 bits per heavy atom. The topological polar surface area (TPSA) is 96.5 Å². The van der Waals surface area contributed by atoms with Crippen molar-refractivity contribution in [2.75, 3.05) is 20.2 Å². The van der Waals surface area contributed by atoms with E-state index < -0.39 is 42.1 Å². The van der Waals surface area contributed by atoms with Crippen LogP contribution in [0.4, 0.5) is 13.2 Å². The Balaban J connectivity index is 1.90. The minimum atomic E-state index is -4.59. The number of rotatable bonds is 9. The third-order valence-electron chi connectivity index (χ3n) is 4.84. The second-order valence-electron chi connectivity index (χ2n) is 7.47. The highest BCUT2D eigenvalue weighted by Gasteiger charge is 2.31. The van der Waals surface area contributed by atoms with Gasteiger partial charge in [0, 0.05) is 18.7 Å². The van der Waals surface area contributed by atoms with Crippen LogP contribution >= 0.6 is 0 Å². The van der Waals surface area contributed by atoms with Crippen LogP contribution in [-0.2, 0) is 27.0 Å². The number of halogens is 3. The molecule has 1 atom stereocenters. The first-order chi connectivity index (χ1) is 15.5. The van der Waals surface area contributed by atoms with Crippen molar-refractivity contribution in [2.45, 2.75) is 32.6 Å². The molecule has 0 aromatic heterocycles. The molecule has 2 aromatic carbocycles. The standard InChI is InChI=1S/C23H26F3N3O4/c1-14-7-8-17(15(2)9-14)11-27-12-19(22(32)33-3)29-20(30)13-28-21(31)16-5-4-6-18(10-16)23(24,25)26/h4-10,19,27H,11-13H2,1-3H3,(H,28,31)(H,29,30)/t19-/m1/s1. The average Bonchev–Trinajstić information content (AvgIpc) is 2.77. The highest BCUT2D eigenvalue weighted by atomic mass is 19.4. The zero-order chi connectivity index (χ0) is 24.6. The predicted molar refractivity (Wildman–Crippen MR) is 115 cm³/mol. The summed E-state index contributed by atoms with van der Waals surface area (Å²) >= 11 is 0. The number of aryl methyl sites for hydroxylation is 2. The van der Waals surface area contributed by atoms with Crippen LogP contribution in [0.5, 0.6) is 0 Å². The maximum Gasteiger partial charge on any atom is 0.416 e. The van der Waals surface area contributed by atoms with Crippen molar-refractivity contribution in [3.05, 3.63) is 70.3 Å². The Labute approximate surface area is 189 Å². The molecular formula is C23H26F3N3O4. The number of alkyl halides is 3. The summed E-state index contributed by atoms with van der Waals surface area (Å²) in [4.78, 5) is 36.4. The molecule has 0 spiro atoms. The number of carbonyl (C=O) groups excluding carboxylic acids is 3. The summed E-state index contributed by atoms with van der Waals surface area (Å²) in [6.45, 7) is 3.96.